The van der Waals surface area contributed by atoms with Crippen molar-refractivity contribution in [1.29, 1.82) is 0 Å². The lowest BCUT2D eigenvalue weighted by Crippen LogP contribution is -2.20. The van der Waals surface area contributed by atoms with Crippen molar-refractivity contribution in [2.45, 2.75) is 0 Å². The van der Waals surface area contributed by atoms with Crippen molar-refractivity contribution >= 4 is 28.9 Å². The van der Waals surface area contributed by atoms with Gasteiger partial charge in [0.15, 0.2) is 6.61 Å². The minimum Gasteiger partial charge on any atom is -0.495 e. The highest BCUT2D eigenvalue weighted by molar-refractivity contribution is 6.05. The van der Waals surface area contributed by atoms with Crippen LogP contribution in [0, 0.1) is 0 Å². The lowest BCUT2D eigenvalue weighted by molar-refractivity contribution is -0.118. The molecule has 3 aromatic carbocycles. The van der Waals surface area contributed by atoms with E-state index in [1.807, 2.05) is 30.3 Å². The second-order valence-corrected chi connectivity index (χ2v) is 7.48. The molecule has 8 nitrogen and oxygen atoms in total. The quantitative estimate of drug-likeness (QED) is 0.372. The number of para-hydroxylation sites is 3. The monoisotopic (exact) mass is 468 g/mol. The maximum Gasteiger partial charge on any atom is 0.262 e. The van der Waals surface area contributed by atoms with Gasteiger partial charge >= 0.3 is 0 Å². The number of carbonyl (C=O) groups excluding carboxylic acids is 2. The van der Waals surface area contributed by atoms with Crippen LogP contribution >= 0.6 is 0 Å². The van der Waals surface area contributed by atoms with Gasteiger partial charge in [-0.2, -0.15) is 0 Å². The highest BCUT2D eigenvalue weighted by Crippen LogP contribution is 2.26. The number of benzene rings is 3. The Morgan fingerprint density at radius 2 is 1.66 bits per heavy atom. The van der Waals surface area contributed by atoms with Crippen molar-refractivity contribution < 1.29 is 19.1 Å². The van der Waals surface area contributed by atoms with Crippen LogP contribution in [-0.2, 0) is 4.79 Å². The lowest BCUT2D eigenvalue weighted by Gasteiger charge is -2.14. The first-order chi connectivity index (χ1) is 17.0. The standard InChI is InChI=1S/C27H24N4O4/c1-19(31-16-15-28-18-31)22-7-3-5-9-24(22)35-17-26(32)29-21-13-11-20(12-14-21)27(33)30-23-8-4-6-10-25(23)34-2/h3-16,18H,1,17H2,2H3,(H,29,32)(H,30,33). The SMILES string of the molecule is C=C(c1ccccc1OCC(=O)Nc1ccc(C(=O)Nc2ccccc2OC)cc1)n1ccnc1. The third-order valence-corrected chi connectivity index (χ3v) is 5.16. The van der Waals surface area contributed by atoms with Crippen LogP contribution in [0.2, 0.25) is 0 Å². The van der Waals surface area contributed by atoms with Crippen molar-refractivity contribution in [3.05, 3.63) is 109 Å². The Hall–Kier alpha value is -4.85. The van der Waals surface area contributed by atoms with Crippen LogP contribution in [0.5, 0.6) is 11.5 Å². The molecule has 4 rings (SSSR count). The molecule has 0 aliphatic heterocycles. The second kappa shape index (κ2) is 10.8. The lowest BCUT2D eigenvalue weighted by atomic mass is 10.1. The minimum absolute atomic E-state index is 0.190. The number of rotatable bonds is 9. The molecule has 0 aliphatic rings. The fourth-order valence-corrected chi connectivity index (χ4v) is 3.38. The Labute approximate surface area is 202 Å². The summed E-state index contributed by atoms with van der Waals surface area (Å²) in [5.41, 5.74) is 3.00. The number of amides is 2. The molecule has 0 saturated heterocycles. The summed E-state index contributed by atoms with van der Waals surface area (Å²) in [6, 6.07) is 21.1. The first-order valence-corrected chi connectivity index (χ1v) is 10.8. The maximum atomic E-state index is 12.6. The molecule has 0 saturated carbocycles. The van der Waals surface area contributed by atoms with Crippen LogP contribution in [-0.4, -0.2) is 35.1 Å². The van der Waals surface area contributed by atoms with E-state index in [9.17, 15) is 9.59 Å². The summed E-state index contributed by atoms with van der Waals surface area (Å²) in [5, 5.41) is 5.59. The number of imidazole rings is 1. The molecule has 8 heteroatoms. The van der Waals surface area contributed by atoms with Crippen molar-refractivity contribution in [1.82, 2.24) is 9.55 Å². The first-order valence-electron chi connectivity index (χ1n) is 10.8. The Morgan fingerprint density at radius 1 is 0.943 bits per heavy atom. The summed E-state index contributed by atoms with van der Waals surface area (Å²) < 4.78 is 12.8. The number of aromatic nitrogens is 2. The number of nitrogens with one attached hydrogen (secondary N) is 2. The van der Waals surface area contributed by atoms with Crippen LogP contribution in [0.3, 0.4) is 0 Å². The molecule has 0 atom stereocenters. The van der Waals surface area contributed by atoms with E-state index in [0.717, 1.165) is 5.56 Å². The Bertz CT molecular complexity index is 1330. The van der Waals surface area contributed by atoms with Crippen LogP contribution < -0.4 is 20.1 Å². The van der Waals surface area contributed by atoms with Crippen molar-refractivity contribution in [2.24, 2.45) is 0 Å². The molecule has 1 aromatic heterocycles. The number of anilines is 2. The first kappa shape index (κ1) is 23.3. The van der Waals surface area contributed by atoms with Gasteiger partial charge in [0, 0.05) is 29.2 Å². The van der Waals surface area contributed by atoms with Crippen LogP contribution in [0.1, 0.15) is 15.9 Å². The molecule has 1 heterocycles. The highest BCUT2D eigenvalue weighted by atomic mass is 16.5. The van der Waals surface area contributed by atoms with E-state index >= 15 is 0 Å². The summed E-state index contributed by atoms with van der Waals surface area (Å²) >= 11 is 0. The van der Waals surface area contributed by atoms with Crippen LogP contribution in [0.25, 0.3) is 5.70 Å². The molecule has 0 unspecified atom stereocenters. The number of ether oxygens (including phenoxy) is 2. The molecule has 4 aromatic rings. The summed E-state index contributed by atoms with van der Waals surface area (Å²) in [7, 11) is 1.54. The van der Waals surface area contributed by atoms with E-state index in [4.69, 9.17) is 9.47 Å². The van der Waals surface area contributed by atoms with E-state index in [1.54, 1.807) is 72.9 Å². The van der Waals surface area contributed by atoms with Gasteiger partial charge in [-0.15, -0.1) is 0 Å². The zero-order valence-corrected chi connectivity index (χ0v) is 19.1. The molecule has 2 amide bonds. The van der Waals surface area contributed by atoms with Gasteiger partial charge in [-0.1, -0.05) is 30.8 Å². The Balaban J connectivity index is 1.34. The van der Waals surface area contributed by atoms with Crippen molar-refractivity contribution in [3.63, 3.8) is 0 Å². The number of methoxy groups -OCH3 is 1. The molecular formula is C27H24N4O4. The molecule has 0 fully saturated rings. The minimum atomic E-state index is -0.334. The summed E-state index contributed by atoms with van der Waals surface area (Å²) in [4.78, 5) is 29.1. The van der Waals surface area contributed by atoms with E-state index in [0.29, 0.717) is 34.1 Å². The van der Waals surface area contributed by atoms with E-state index < -0.39 is 0 Å². The smallest absolute Gasteiger partial charge is 0.262 e. The fraction of sp³-hybridized carbons (Fsp3) is 0.0741. The largest absolute Gasteiger partial charge is 0.495 e. The number of carbonyl (C=O) groups is 2. The molecule has 0 aliphatic carbocycles. The van der Waals surface area contributed by atoms with Gasteiger partial charge in [0.05, 0.1) is 24.8 Å². The van der Waals surface area contributed by atoms with E-state index in [-0.39, 0.29) is 18.4 Å². The second-order valence-electron chi connectivity index (χ2n) is 7.48. The van der Waals surface area contributed by atoms with Gasteiger partial charge in [-0.25, -0.2) is 4.98 Å². The fourth-order valence-electron chi connectivity index (χ4n) is 3.38. The molecule has 176 valence electrons. The third-order valence-electron chi connectivity index (χ3n) is 5.16. The van der Waals surface area contributed by atoms with Crippen molar-refractivity contribution in [3.8, 4) is 11.5 Å². The normalized spacial score (nSPS) is 10.3. The zero-order valence-electron chi connectivity index (χ0n) is 19.1. The topological polar surface area (TPSA) is 94.5 Å². The average Bonchev–Trinajstić information content (AvgIpc) is 3.43. The molecule has 0 bridgehead atoms. The highest BCUT2D eigenvalue weighted by Gasteiger charge is 2.12. The Morgan fingerprint density at radius 3 is 2.37 bits per heavy atom. The summed E-state index contributed by atoms with van der Waals surface area (Å²) in [5.74, 6) is 0.481. The van der Waals surface area contributed by atoms with Gasteiger partial charge in [0.2, 0.25) is 0 Å². The average molecular weight is 469 g/mol. The van der Waals surface area contributed by atoms with Crippen molar-refractivity contribution in [2.75, 3.05) is 24.4 Å². The van der Waals surface area contributed by atoms with Gasteiger partial charge in [-0.3, -0.25) is 9.59 Å². The number of nitrogens with zero attached hydrogens (tertiary/aromatic N) is 2. The molecule has 0 radical (unpaired) electrons. The van der Waals surface area contributed by atoms with Gasteiger partial charge in [-0.05, 0) is 48.5 Å². The Kier molecular flexibility index (Phi) is 7.22. The molecule has 0 spiro atoms. The molecule has 35 heavy (non-hydrogen) atoms. The maximum absolute atomic E-state index is 12.6. The van der Waals surface area contributed by atoms with Crippen LogP contribution in [0.15, 0.2) is 98.1 Å². The molecule has 2 N–H and O–H groups in total. The predicted octanol–water partition coefficient (Wildman–Crippen LogP) is 4.68. The van der Waals surface area contributed by atoms with E-state index in [1.165, 1.54) is 0 Å². The number of hydrogen-bond donors (Lipinski definition) is 2. The van der Waals surface area contributed by atoms with Gasteiger partial charge < -0.3 is 24.7 Å². The summed E-state index contributed by atoms with van der Waals surface area (Å²) in [6.07, 6.45) is 5.09. The van der Waals surface area contributed by atoms with Gasteiger partial charge in [0.1, 0.15) is 11.5 Å². The predicted molar refractivity (Wildman–Crippen MR) is 135 cm³/mol. The number of hydrogen-bond acceptors (Lipinski definition) is 5. The van der Waals surface area contributed by atoms with Gasteiger partial charge in [0.25, 0.3) is 11.8 Å². The zero-order chi connectivity index (χ0) is 24.6. The van der Waals surface area contributed by atoms with E-state index in [2.05, 4.69) is 22.2 Å². The summed E-state index contributed by atoms with van der Waals surface area (Å²) in [6.45, 7) is 3.89. The van der Waals surface area contributed by atoms with Crippen LogP contribution in [0.4, 0.5) is 11.4 Å². The third kappa shape index (κ3) is 5.75. The molecular weight excluding hydrogens is 444 g/mol.